The van der Waals surface area contributed by atoms with Gasteiger partial charge in [-0.15, -0.1) is 0 Å². The number of nitrogens with zero attached hydrogens (tertiary/aromatic N) is 5. The van der Waals surface area contributed by atoms with Gasteiger partial charge in [0.1, 0.15) is 11.6 Å². The van der Waals surface area contributed by atoms with Gasteiger partial charge in [-0.05, 0) is 48.5 Å². The van der Waals surface area contributed by atoms with Crippen LogP contribution in [0.25, 0.3) is 11.4 Å². The van der Waals surface area contributed by atoms with E-state index < -0.39 is 0 Å². The summed E-state index contributed by atoms with van der Waals surface area (Å²) in [5, 5.41) is 6.69. The van der Waals surface area contributed by atoms with E-state index in [1.165, 1.54) is 6.92 Å². The maximum Gasteiger partial charge on any atom is 0.253 e. The molecule has 2 aromatic carbocycles. The normalized spacial score (nSPS) is 13.3. The first-order valence-corrected chi connectivity index (χ1v) is 12.6. The number of hydrogen-bond donors (Lipinski definition) is 2. The molecule has 2 heterocycles. The predicted molar refractivity (Wildman–Crippen MR) is 149 cm³/mol. The molecular weight excluding hydrogens is 490 g/mol. The molecule has 0 radical (unpaired) electrons. The topological polar surface area (TPSA) is 93.7 Å². The zero-order valence-corrected chi connectivity index (χ0v) is 22.1. The van der Waals surface area contributed by atoms with Crippen LogP contribution in [0.15, 0.2) is 54.6 Å². The van der Waals surface area contributed by atoms with E-state index in [2.05, 4.69) is 20.5 Å². The van der Waals surface area contributed by atoms with Gasteiger partial charge in [0, 0.05) is 88.2 Å². The molecule has 2 N–H and O–H groups in total. The monoisotopic (exact) mass is 521 g/mol. The highest BCUT2D eigenvalue weighted by atomic mass is 35.5. The summed E-state index contributed by atoms with van der Waals surface area (Å²) in [5.41, 5.74) is 2.60. The van der Waals surface area contributed by atoms with Crippen LogP contribution in [0, 0.1) is 0 Å². The Bertz CT molecular complexity index is 1220. The minimum atomic E-state index is -0.0758. The van der Waals surface area contributed by atoms with Crippen molar-refractivity contribution in [1.82, 2.24) is 20.2 Å². The first-order chi connectivity index (χ1) is 17.8. The van der Waals surface area contributed by atoms with Crippen LogP contribution >= 0.6 is 11.6 Å². The van der Waals surface area contributed by atoms with E-state index in [1.54, 1.807) is 0 Å². The van der Waals surface area contributed by atoms with Crippen LogP contribution in [0.5, 0.6) is 0 Å². The van der Waals surface area contributed by atoms with Crippen LogP contribution in [-0.4, -0.2) is 80.0 Å². The van der Waals surface area contributed by atoms with Gasteiger partial charge in [0.15, 0.2) is 5.82 Å². The highest BCUT2D eigenvalue weighted by Crippen LogP contribution is 2.25. The number of piperazine rings is 1. The molecule has 194 valence electrons. The fraction of sp³-hybridized carbons (Fsp3) is 0.333. The predicted octanol–water partition coefficient (Wildman–Crippen LogP) is 3.37. The number of nitrogens with one attached hydrogen (secondary N) is 2. The van der Waals surface area contributed by atoms with Crippen LogP contribution < -0.4 is 20.4 Å². The smallest absolute Gasteiger partial charge is 0.253 e. The van der Waals surface area contributed by atoms with Crippen molar-refractivity contribution in [3.63, 3.8) is 0 Å². The Balaban J connectivity index is 1.47. The summed E-state index contributed by atoms with van der Waals surface area (Å²) in [4.78, 5) is 39.8. The molecule has 0 unspecified atom stereocenters. The molecule has 0 atom stereocenters. The molecule has 10 heteroatoms. The number of aromatic nitrogens is 2. The second-order valence-electron chi connectivity index (χ2n) is 9.07. The second-order valence-corrected chi connectivity index (χ2v) is 9.51. The molecule has 1 aliphatic rings. The van der Waals surface area contributed by atoms with E-state index in [4.69, 9.17) is 16.6 Å². The van der Waals surface area contributed by atoms with Gasteiger partial charge in [0.25, 0.3) is 5.91 Å². The molecule has 1 aliphatic heterocycles. The molecule has 3 aromatic rings. The van der Waals surface area contributed by atoms with Crippen molar-refractivity contribution in [2.24, 2.45) is 0 Å². The van der Waals surface area contributed by atoms with Gasteiger partial charge in [0.05, 0.1) is 0 Å². The minimum absolute atomic E-state index is 0.0369. The highest BCUT2D eigenvalue weighted by molar-refractivity contribution is 6.30. The number of hydrogen-bond acceptors (Lipinski definition) is 7. The zero-order chi connectivity index (χ0) is 26.4. The Labute approximate surface area is 222 Å². The number of halogens is 1. The largest absolute Gasteiger partial charge is 0.378 e. The van der Waals surface area contributed by atoms with Gasteiger partial charge < -0.3 is 25.3 Å². The molecule has 9 nitrogen and oxygen atoms in total. The quantitative estimate of drug-likeness (QED) is 0.439. The molecule has 0 aliphatic carbocycles. The summed E-state index contributed by atoms with van der Waals surface area (Å²) in [6.07, 6.45) is 0. The lowest BCUT2D eigenvalue weighted by atomic mass is 10.1. The van der Waals surface area contributed by atoms with Gasteiger partial charge in [-0.25, -0.2) is 9.97 Å². The third kappa shape index (κ3) is 6.89. The van der Waals surface area contributed by atoms with Gasteiger partial charge >= 0.3 is 0 Å². The maximum absolute atomic E-state index is 13.1. The Morgan fingerprint density at radius 2 is 1.62 bits per heavy atom. The zero-order valence-electron chi connectivity index (χ0n) is 21.4. The third-order valence-electron chi connectivity index (χ3n) is 6.14. The number of carbonyl (C=O) groups excluding carboxylic acids is 2. The van der Waals surface area contributed by atoms with Crippen molar-refractivity contribution in [2.75, 3.05) is 68.5 Å². The molecule has 1 saturated heterocycles. The Morgan fingerprint density at radius 1 is 0.946 bits per heavy atom. The maximum atomic E-state index is 13.1. The SMILES string of the molecule is CC(=O)NCCNc1cc(N2CCN(C(=O)c3ccc(N(C)C)cc3)CC2)nc(-c2ccc(Cl)cc2)n1. The minimum Gasteiger partial charge on any atom is -0.378 e. The number of benzene rings is 2. The van der Waals surface area contributed by atoms with E-state index in [9.17, 15) is 9.59 Å². The highest BCUT2D eigenvalue weighted by Gasteiger charge is 2.24. The van der Waals surface area contributed by atoms with E-state index in [-0.39, 0.29) is 11.8 Å². The second kappa shape index (κ2) is 11.9. The lowest BCUT2D eigenvalue weighted by molar-refractivity contribution is -0.118. The summed E-state index contributed by atoms with van der Waals surface area (Å²) >= 11 is 6.07. The van der Waals surface area contributed by atoms with Crippen LogP contribution in [0.1, 0.15) is 17.3 Å². The van der Waals surface area contributed by atoms with Crippen molar-refractivity contribution < 1.29 is 9.59 Å². The molecule has 0 saturated carbocycles. The Morgan fingerprint density at radius 3 is 2.24 bits per heavy atom. The molecule has 4 rings (SSSR count). The fourth-order valence-electron chi connectivity index (χ4n) is 4.07. The molecule has 2 amide bonds. The molecule has 1 fully saturated rings. The third-order valence-corrected chi connectivity index (χ3v) is 6.39. The van der Waals surface area contributed by atoms with Gasteiger partial charge in [-0.1, -0.05) is 11.6 Å². The van der Waals surface area contributed by atoms with Crippen molar-refractivity contribution >= 4 is 40.7 Å². The van der Waals surface area contributed by atoms with Gasteiger partial charge in [-0.2, -0.15) is 0 Å². The number of carbonyl (C=O) groups is 2. The van der Waals surface area contributed by atoms with Crippen molar-refractivity contribution in [1.29, 1.82) is 0 Å². The van der Waals surface area contributed by atoms with E-state index in [1.807, 2.05) is 78.5 Å². The van der Waals surface area contributed by atoms with E-state index in [0.29, 0.717) is 61.5 Å². The molecular formula is C27H32ClN7O2. The standard InChI is InChI=1S/C27H32ClN7O2/c1-19(36)29-12-13-30-24-18-25(32-26(31-24)20-4-8-22(28)9-5-20)34-14-16-35(17-15-34)27(37)21-6-10-23(11-7-21)33(2)3/h4-11,18H,12-17H2,1-3H3,(H,29,36)(H,30,31,32). The van der Waals surface area contributed by atoms with Crippen LogP contribution in [0.2, 0.25) is 5.02 Å². The molecule has 37 heavy (non-hydrogen) atoms. The summed E-state index contributed by atoms with van der Waals surface area (Å²) in [6, 6.07) is 17.0. The number of anilines is 3. The van der Waals surface area contributed by atoms with E-state index >= 15 is 0 Å². The van der Waals surface area contributed by atoms with E-state index in [0.717, 1.165) is 17.1 Å². The van der Waals surface area contributed by atoms with Crippen molar-refractivity contribution in [2.45, 2.75) is 6.92 Å². The van der Waals surface area contributed by atoms with Gasteiger partial charge in [0.2, 0.25) is 5.91 Å². The van der Waals surface area contributed by atoms with Crippen molar-refractivity contribution in [3.8, 4) is 11.4 Å². The lowest BCUT2D eigenvalue weighted by Crippen LogP contribution is -2.49. The van der Waals surface area contributed by atoms with Crippen LogP contribution in [0.3, 0.4) is 0 Å². The summed E-state index contributed by atoms with van der Waals surface area (Å²) in [5.74, 6) is 1.99. The first-order valence-electron chi connectivity index (χ1n) is 12.2. The number of amides is 2. The first kappa shape index (κ1) is 26.2. The molecule has 0 spiro atoms. The Hall–Kier alpha value is -3.85. The summed E-state index contributed by atoms with van der Waals surface area (Å²) in [6.45, 7) is 5.02. The van der Waals surface area contributed by atoms with Crippen LogP contribution in [-0.2, 0) is 4.79 Å². The van der Waals surface area contributed by atoms with Crippen molar-refractivity contribution in [3.05, 3.63) is 65.2 Å². The summed E-state index contributed by atoms with van der Waals surface area (Å²) < 4.78 is 0. The molecule has 0 bridgehead atoms. The average molecular weight is 522 g/mol. The fourth-order valence-corrected chi connectivity index (χ4v) is 4.19. The number of rotatable bonds is 8. The summed E-state index contributed by atoms with van der Waals surface area (Å²) in [7, 11) is 3.96. The molecule has 1 aromatic heterocycles. The lowest BCUT2D eigenvalue weighted by Gasteiger charge is -2.35. The average Bonchev–Trinajstić information content (AvgIpc) is 2.91. The van der Waals surface area contributed by atoms with Crippen LogP contribution in [0.4, 0.5) is 17.3 Å². The Kier molecular flexibility index (Phi) is 8.45. The van der Waals surface area contributed by atoms with Gasteiger partial charge in [-0.3, -0.25) is 9.59 Å².